The van der Waals surface area contributed by atoms with Crippen molar-refractivity contribution in [2.24, 2.45) is 0 Å². The van der Waals surface area contributed by atoms with Crippen LogP contribution in [0.2, 0.25) is 0 Å². The maximum Gasteiger partial charge on any atom is 0.411 e. The average molecular weight is 481 g/mol. The number of hydrogen-bond donors (Lipinski definition) is 2. The summed E-state index contributed by atoms with van der Waals surface area (Å²) >= 11 is 0. The lowest BCUT2D eigenvalue weighted by molar-refractivity contribution is 0.0388. The summed E-state index contributed by atoms with van der Waals surface area (Å²) < 4.78 is 22.0. The Morgan fingerprint density at radius 2 is 1.97 bits per heavy atom. The molecule has 2 aliphatic heterocycles. The maximum absolute atomic E-state index is 12.6. The Kier molecular flexibility index (Phi) is 6.82. The molecule has 5 rings (SSSR count). The molecule has 0 saturated carbocycles. The van der Waals surface area contributed by atoms with E-state index in [1.165, 1.54) is 7.11 Å². The first-order valence-electron chi connectivity index (χ1n) is 11.7. The number of β-amino-alcohol motifs (C(OH)–C–C–N with tert-alkyl or cyclic N) is 1. The Hall–Kier alpha value is -3.63. The molecule has 10 heteroatoms. The molecule has 1 fully saturated rings. The molecule has 1 saturated heterocycles. The van der Waals surface area contributed by atoms with Gasteiger partial charge in [-0.2, -0.15) is 0 Å². The van der Waals surface area contributed by atoms with Crippen LogP contribution in [0.5, 0.6) is 17.4 Å². The molecule has 184 valence electrons. The fourth-order valence-electron chi connectivity index (χ4n) is 4.34. The number of rotatable bonds is 6. The lowest BCUT2D eigenvalue weighted by atomic mass is 10.0. The highest BCUT2D eigenvalue weighted by molar-refractivity contribution is 5.96. The average Bonchev–Trinajstić information content (AvgIpc) is 2.89. The Labute approximate surface area is 202 Å². The zero-order valence-electron chi connectivity index (χ0n) is 19.5. The van der Waals surface area contributed by atoms with Crippen molar-refractivity contribution < 1.29 is 28.8 Å². The molecule has 3 aromatic rings. The molecule has 1 amide bonds. The molecule has 2 aliphatic rings. The van der Waals surface area contributed by atoms with E-state index in [0.717, 1.165) is 18.7 Å². The van der Waals surface area contributed by atoms with Crippen molar-refractivity contribution in [2.75, 3.05) is 45.3 Å². The minimum atomic E-state index is -0.643. The van der Waals surface area contributed by atoms with Crippen molar-refractivity contribution in [3.8, 4) is 17.4 Å². The third-order valence-corrected chi connectivity index (χ3v) is 6.19. The van der Waals surface area contributed by atoms with Gasteiger partial charge in [0.25, 0.3) is 0 Å². The van der Waals surface area contributed by atoms with Crippen molar-refractivity contribution in [1.82, 2.24) is 14.9 Å². The molecule has 0 spiro atoms. The van der Waals surface area contributed by atoms with Crippen molar-refractivity contribution >= 4 is 22.8 Å². The van der Waals surface area contributed by atoms with Gasteiger partial charge in [-0.1, -0.05) is 6.07 Å². The number of aliphatic hydroxyl groups is 1. The monoisotopic (exact) mass is 480 g/mol. The molecule has 1 atom stereocenters. The first-order valence-corrected chi connectivity index (χ1v) is 11.7. The standard InChI is InChI=1S/C25H28N4O6/c1-32-23-5-3-18-24(28-23)19(6-9-26-18)27-25(31)35-17-7-10-29(11-8-17)15-20(30)16-2-4-21-22(14-16)34-13-12-33-21/h2-6,9,14,17,20,30H,7-8,10-13,15H2,1H3,(H,26,27,31)/t20-/m0/s1. The number of pyridine rings is 2. The highest BCUT2D eigenvalue weighted by Gasteiger charge is 2.25. The highest BCUT2D eigenvalue weighted by atomic mass is 16.6. The number of carbonyl (C=O) groups excluding carboxylic acids is 1. The van der Waals surface area contributed by atoms with Gasteiger partial charge in [0.2, 0.25) is 5.88 Å². The first-order chi connectivity index (χ1) is 17.1. The molecule has 1 aromatic carbocycles. The topological polar surface area (TPSA) is 115 Å². The van der Waals surface area contributed by atoms with Crippen LogP contribution in [-0.2, 0) is 4.74 Å². The number of carbonyl (C=O) groups is 1. The molecule has 0 unspecified atom stereocenters. The Bertz CT molecular complexity index is 1200. The van der Waals surface area contributed by atoms with Crippen LogP contribution in [0.25, 0.3) is 11.0 Å². The van der Waals surface area contributed by atoms with Gasteiger partial charge in [0, 0.05) is 31.9 Å². The smallest absolute Gasteiger partial charge is 0.411 e. The van der Waals surface area contributed by atoms with Crippen molar-refractivity contribution in [3.05, 3.63) is 48.2 Å². The summed E-state index contributed by atoms with van der Waals surface area (Å²) in [6.45, 7) is 2.98. The number of amides is 1. The third-order valence-electron chi connectivity index (χ3n) is 6.19. The lowest BCUT2D eigenvalue weighted by Crippen LogP contribution is -2.40. The number of fused-ring (bicyclic) bond motifs is 2. The second kappa shape index (κ2) is 10.3. The number of methoxy groups -OCH3 is 1. The second-order valence-corrected chi connectivity index (χ2v) is 8.53. The van der Waals surface area contributed by atoms with Gasteiger partial charge < -0.3 is 29.0 Å². The van der Waals surface area contributed by atoms with Gasteiger partial charge in [-0.3, -0.25) is 10.3 Å². The quantitative estimate of drug-likeness (QED) is 0.549. The van der Waals surface area contributed by atoms with E-state index in [0.29, 0.717) is 66.7 Å². The Morgan fingerprint density at radius 1 is 1.17 bits per heavy atom. The van der Waals surface area contributed by atoms with Gasteiger partial charge in [0.15, 0.2) is 11.5 Å². The summed E-state index contributed by atoms with van der Waals surface area (Å²) in [5.74, 6) is 1.81. The molecule has 4 heterocycles. The van der Waals surface area contributed by atoms with Crippen LogP contribution < -0.4 is 19.5 Å². The molecule has 0 aliphatic carbocycles. The van der Waals surface area contributed by atoms with Crippen LogP contribution in [0.15, 0.2) is 42.6 Å². The molecule has 2 N–H and O–H groups in total. The van der Waals surface area contributed by atoms with Crippen LogP contribution in [0.3, 0.4) is 0 Å². The second-order valence-electron chi connectivity index (χ2n) is 8.53. The molecule has 10 nitrogen and oxygen atoms in total. The van der Waals surface area contributed by atoms with Crippen molar-refractivity contribution in [1.29, 1.82) is 0 Å². The summed E-state index contributed by atoms with van der Waals surface area (Å²) in [6.07, 6.45) is 1.60. The number of piperidine rings is 1. The summed E-state index contributed by atoms with van der Waals surface area (Å²) in [5.41, 5.74) is 2.49. The SMILES string of the molecule is COc1ccc2nccc(NC(=O)OC3CCN(C[C@H](O)c4ccc5c(c4)OCCO5)CC3)c2n1. The van der Waals surface area contributed by atoms with Gasteiger partial charge in [-0.05, 0) is 42.7 Å². The molecule has 0 bridgehead atoms. The van der Waals surface area contributed by atoms with E-state index in [1.807, 2.05) is 18.2 Å². The number of likely N-dealkylation sites (tertiary alicyclic amines) is 1. The summed E-state index contributed by atoms with van der Waals surface area (Å²) in [6, 6.07) is 10.7. The van der Waals surface area contributed by atoms with Crippen LogP contribution in [0.1, 0.15) is 24.5 Å². The van der Waals surface area contributed by atoms with E-state index in [2.05, 4.69) is 20.2 Å². The maximum atomic E-state index is 12.6. The fraction of sp³-hybridized carbons (Fsp3) is 0.400. The van der Waals surface area contributed by atoms with Crippen LogP contribution in [0, 0.1) is 0 Å². The van der Waals surface area contributed by atoms with E-state index in [4.69, 9.17) is 18.9 Å². The zero-order valence-corrected chi connectivity index (χ0v) is 19.5. The van der Waals surface area contributed by atoms with E-state index in [9.17, 15) is 9.90 Å². The minimum absolute atomic E-state index is 0.201. The third kappa shape index (κ3) is 5.39. The van der Waals surface area contributed by atoms with Crippen LogP contribution in [0.4, 0.5) is 10.5 Å². The van der Waals surface area contributed by atoms with Gasteiger partial charge in [0.05, 0.1) is 24.4 Å². The number of nitrogens with one attached hydrogen (secondary N) is 1. The minimum Gasteiger partial charge on any atom is -0.486 e. The summed E-state index contributed by atoms with van der Waals surface area (Å²) in [7, 11) is 1.54. The molecular weight excluding hydrogens is 452 g/mol. The number of aliphatic hydroxyl groups excluding tert-OH is 1. The van der Waals surface area contributed by atoms with Crippen LogP contribution in [-0.4, -0.2) is 72.1 Å². The molecule has 0 radical (unpaired) electrons. The zero-order chi connectivity index (χ0) is 24.2. The summed E-state index contributed by atoms with van der Waals surface area (Å²) in [5, 5.41) is 13.5. The number of benzene rings is 1. The molecular formula is C25H28N4O6. The van der Waals surface area contributed by atoms with Crippen molar-refractivity contribution in [2.45, 2.75) is 25.0 Å². The Morgan fingerprint density at radius 3 is 2.77 bits per heavy atom. The van der Waals surface area contributed by atoms with Gasteiger partial charge in [0.1, 0.15) is 24.8 Å². The van der Waals surface area contributed by atoms with E-state index < -0.39 is 12.2 Å². The first kappa shape index (κ1) is 23.1. The van der Waals surface area contributed by atoms with Crippen LogP contribution >= 0.6 is 0 Å². The van der Waals surface area contributed by atoms with Gasteiger partial charge in [-0.15, -0.1) is 0 Å². The van der Waals surface area contributed by atoms with Crippen molar-refractivity contribution in [3.63, 3.8) is 0 Å². The van der Waals surface area contributed by atoms with E-state index >= 15 is 0 Å². The largest absolute Gasteiger partial charge is 0.486 e. The Balaban J connectivity index is 1.12. The predicted molar refractivity (Wildman–Crippen MR) is 128 cm³/mol. The van der Waals surface area contributed by atoms with Gasteiger partial charge >= 0.3 is 6.09 Å². The number of nitrogens with zero attached hydrogens (tertiary/aromatic N) is 3. The molecule has 2 aromatic heterocycles. The van der Waals surface area contributed by atoms with E-state index in [-0.39, 0.29) is 6.10 Å². The lowest BCUT2D eigenvalue weighted by Gasteiger charge is -2.33. The number of anilines is 1. The normalized spacial score (nSPS) is 17.1. The molecule has 35 heavy (non-hydrogen) atoms. The highest BCUT2D eigenvalue weighted by Crippen LogP contribution is 2.33. The number of aromatic nitrogens is 2. The van der Waals surface area contributed by atoms with E-state index in [1.54, 1.807) is 24.4 Å². The van der Waals surface area contributed by atoms with Gasteiger partial charge in [-0.25, -0.2) is 9.78 Å². The number of hydrogen-bond acceptors (Lipinski definition) is 9. The summed E-state index contributed by atoms with van der Waals surface area (Å²) in [4.78, 5) is 23.4. The fourth-order valence-corrected chi connectivity index (χ4v) is 4.34. The number of ether oxygens (including phenoxy) is 4. The predicted octanol–water partition coefficient (Wildman–Crippen LogP) is 3.16.